The highest BCUT2D eigenvalue weighted by atomic mass is 32.2. The van der Waals surface area contributed by atoms with Gasteiger partial charge in [0.25, 0.3) is 5.91 Å². The Morgan fingerprint density at radius 2 is 1.50 bits per heavy atom. The van der Waals surface area contributed by atoms with Gasteiger partial charge in [-0.3, -0.25) is 4.79 Å². The maximum absolute atomic E-state index is 13.2. The van der Waals surface area contributed by atoms with Crippen LogP contribution < -0.4 is 4.90 Å². The lowest BCUT2D eigenvalue weighted by atomic mass is 10.1. The molecule has 30 heavy (non-hydrogen) atoms. The van der Waals surface area contributed by atoms with Gasteiger partial charge in [-0.1, -0.05) is 36.0 Å². The minimum Gasteiger partial charge on any atom is -0.508 e. The molecule has 0 atom stereocenters. The highest BCUT2D eigenvalue weighted by Gasteiger charge is 2.24. The fraction of sp³-hybridized carbons (Fsp3) is 0.167. The number of amides is 1. The zero-order valence-electron chi connectivity index (χ0n) is 16.4. The largest absolute Gasteiger partial charge is 0.508 e. The van der Waals surface area contributed by atoms with Gasteiger partial charge < -0.3 is 14.9 Å². The Hall–Kier alpha value is -3.43. The van der Waals surface area contributed by atoms with Crippen molar-refractivity contribution in [2.24, 2.45) is 0 Å². The van der Waals surface area contributed by atoms with Crippen LogP contribution in [0, 0.1) is 11.3 Å². The van der Waals surface area contributed by atoms with E-state index < -0.39 is 0 Å². The van der Waals surface area contributed by atoms with E-state index in [-0.39, 0.29) is 11.7 Å². The van der Waals surface area contributed by atoms with Crippen LogP contribution in [0.25, 0.3) is 0 Å². The Morgan fingerprint density at radius 3 is 2.20 bits per heavy atom. The van der Waals surface area contributed by atoms with Crippen LogP contribution >= 0.6 is 11.8 Å². The Balaban J connectivity index is 1.48. The van der Waals surface area contributed by atoms with E-state index >= 15 is 0 Å². The average Bonchev–Trinajstić information content (AvgIpc) is 2.80. The predicted octanol–water partition coefficient (Wildman–Crippen LogP) is 4.38. The SMILES string of the molecule is N#Cc1ccccc1Sc1ccccc1C(=O)N1CCN(c2ccc(O)cc2)CC1. The number of aromatic hydroxyl groups is 1. The van der Waals surface area contributed by atoms with Crippen LogP contribution in [-0.2, 0) is 0 Å². The van der Waals surface area contributed by atoms with Crippen LogP contribution in [0.4, 0.5) is 5.69 Å². The van der Waals surface area contributed by atoms with Crippen LogP contribution in [0.1, 0.15) is 15.9 Å². The molecule has 1 saturated heterocycles. The molecule has 1 N–H and O–H groups in total. The number of hydrogen-bond donors (Lipinski definition) is 1. The van der Waals surface area contributed by atoms with Gasteiger partial charge in [-0.05, 0) is 48.5 Å². The fourth-order valence-corrected chi connectivity index (χ4v) is 4.52. The second kappa shape index (κ2) is 8.93. The summed E-state index contributed by atoms with van der Waals surface area (Å²) in [5.41, 5.74) is 2.31. The van der Waals surface area contributed by atoms with E-state index in [1.807, 2.05) is 59.5 Å². The molecule has 0 aromatic heterocycles. The first-order valence-corrected chi connectivity index (χ1v) is 10.6. The number of rotatable bonds is 4. The molecule has 0 bridgehead atoms. The van der Waals surface area contributed by atoms with Crippen molar-refractivity contribution in [3.05, 3.63) is 83.9 Å². The number of nitriles is 1. The standard InChI is InChI=1S/C24H21N3O2S/c25-17-18-5-1-3-7-22(18)30-23-8-4-2-6-21(23)24(29)27-15-13-26(14-16-27)19-9-11-20(28)12-10-19/h1-12,28H,13-16H2. The van der Waals surface area contributed by atoms with E-state index in [4.69, 9.17) is 0 Å². The Morgan fingerprint density at radius 1 is 0.867 bits per heavy atom. The number of hydrogen-bond acceptors (Lipinski definition) is 5. The molecule has 1 aliphatic rings. The third-order valence-electron chi connectivity index (χ3n) is 5.13. The molecule has 0 unspecified atom stereocenters. The molecule has 150 valence electrons. The maximum Gasteiger partial charge on any atom is 0.255 e. The molecule has 4 rings (SSSR count). The van der Waals surface area contributed by atoms with Gasteiger partial charge in [0, 0.05) is 41.7 Å². The monoisotopic (exact) mass is 415 g/mol. The highest BCUT2D eigenvalue weighted by molar-refractivity contribution is 7.99. The third kappa shape index (κ3) is 4.27. The van der Waals surface area contributed by atoms with Gasteiger partial charge in [-0.25, -0.2) is 0 Å². The predicted molar refractivity (Wildman–Crippen MR) is 118 cm³/mol. The number of carbonyl (C=O) groups is 1. The second-order valence-electron chi connectivity index (χ2n) is 7.00. The van der Waals surface area contributed by atoms with Crippen LogP contribution in [0.2, 0.25) is 0 Å². The van der Waals surface area contributed by atoms with Crippen molar-refractivity contribution in [1.29, 1.82) is 5.26 Å². The summed E-state index contributed by atoms with van der Waals surface area (Å²) in [6, 6.07) is 24.4. The van der Waals surface area contributed by atoms with Gasteiger partial charge in [-0.15, -0.1) is 0 Å². The summed E-state index contributed by atoms with van der Waals surface area (Å²) in [7, 11) is 0. The molecule has 1 heterocycles. The Bertz CT molecular complexity index is 1080. The lowest BCUT2D eigenvalue weighted by Gasteiger charge is -2.36. The van der Waals surface area contributed by atoms with E-state index in [0.29, 0.717) is 24.2 Å². The first-order valence-electron chi connectivity index (χ1n) is 9.75. The van der Waals surface area contributed by atoms with Crippen LogP contribution in [0.3, 0.4) is 0 Å². The van der Waals surface area contributed by atoms with E-state index in [1.54, 1.807) is 18.2 Å². The molecule has 3 aromatic rings. The van der Waals surface area contributed by atoms with Crippen molar-refractivity contribution in [2.45, 2.75) is 9.79 Å². The number of phenolic OH excluding ortho intramolecular Hbond substituents is 1. The van der Waals surface area contributed by atoms with Gasteiger partial charge in [0.1, 0.15) is 11.8 Å². The van der Waals surface area contributed by atoms with E-state index in [1.165, 1.54) is 11.8 Å². The summed E-state index contributed by atoms with van der Waals surface area (Å²) in [6.07, 6.45) is 0. The summed E-state index contributed by atoms with van der Waals surface area (Å²) in [6.45, 7) is 2.74. The molecule has 3 aromatic carbocycles. The average molecular weight is 416 g/mol. The molecule has 0 saturated carbocycles. The van der Waals surface area contributed by atoms with Crippen molar-refractivity contribution in [3.8, 4) is 11.8 Å². The molecular formula is C24H21N3O2S. The summed E-state index contributed by atoms with van der Waals surface area (Å²) in [5, 5.41) is 18.8. The van der Waals surface area contributed by atoms with Crippen molar-refractivity contribution in [2.75, 3.05) is 31.1 Å². The molecule has 6 heteroatoms. The van der Waals surface area contributed by atoms with Crippen molar-refractivity contribution in [1.82, 2.24) is 4.90 Å². The number of carbonyl (C=O) groups excluding carboxylic acids is 1. The van der Waals surface area contributed by atoms with Crippen molar-refractivity contribution < 1.29 is 9.90 Å². The van der Waals surface area contributed by atoms with E-state index in [9.17, 15) is 15.2 Å². The lowest BCUT2D eigenvalue weighted by Crippen LogP contribution is -2.48. The summed E-state index contributed by atoms with van der Waals surface area (Å²) in [4.78, 5) is 19.0. The Kier molecular flexibility index (Phi) is 5.92. The molecule has 1 amide bonds. The lowest BCUT2D eigenvalue weighted by molar-refractivity contribution is 0.0743. The third-order valence-corrected chi connectivity index (χ3v) is 6.28. The molecule has 0 aliphatic carbocycles. The fourth-order valence-electron chi connectivity index (χ4n) is 3.50. The van der Waals surface area contributed by atoms with E-state index in [0.717, 1.165) is 28.6 Å². The smallest absolute Gasteiger partial charge is 0.255 e. The molecular weight excluding hydrogens is 394 g/mol. The van der Waals surface area contributed by atoms with Gasteiger partial charge in [0.05, 0.1) is 11.1 Å². The van der Waals surface area contributed by atoms with Gasteiger partial charge in [-0.2, -0.15) is 5.26 Å². The van der Waals surface area contributed by atoms with Crippen molar-refractivity contribution in [3.63, 3.8) is 0 Å². The van der Waals surface area contributed by atoms with E-state index in [2.05, 4.69) is 11.0 Å². The molecule has 1 fully saturated rings. The zero-order chi connectivity index (χ0) is 20.9. The molecule has 0 radical (unpaired) electrons. The highest BCUT2D eigenvalue weighted by Crippen LogP contribution is 2.33. The van der Waals surface area contributed by atoms with Crippen LogP contribution in [-0.4, -0.2) is 42.1 Å². The summed E-state index contributed by atoms with van der Waals surface area (Å²) < 4.78 is 0. The first-order chi connectivity index (χ1) is 14.7. The maximum atomic E-state index is 13.2. The normalized spacial score (nSPS) is 13.7. The minimum absolute atomic E-state index is 0.0119. The topological polar surface area (TPSA) is 67.6 Å². The minimum atomic E-state index is 0.0119. The van der Waals surface area contributed by atoms with Crippen LogP contribution in [0.15, 0.2) is 82.6 Å². The number of anilines is 1. The molecule has 5 nitrogen and oxygen atoms in total. The quantitative estimate of drug-likeness (QED) is 0.685. The number of benzene rings is 3. The number of phenols is 1. The van der Waals surface area contributed by atoms with Gasteiger partial charge in [0.2, 0.25) is 0 Å². The van der Waals surface area contributed by atoms with Gasteiger partial charge >= 0.3 is 0 Å². The summed E-state index contributed by atoms with van der Waals surface area (Å²) >= 11 is 1.45. The Labute approximate surface area is 180 Å². The number of nitrogens with zero attached hydrogens (tertiary/aromatic N) is 3. The van der Waals surface area contributed by atoms with Crippen molar-refractivity contribution >= 4 is 23.4 Å². The zero-order valence-corrected chi connectivity index (χ0v) is 17.2. The van der Waals surface area contributed by atoms with Gasteiger partial charge in [0.15, 0.2) is 0 Å². The molecule has 0 spiro atoms. The summed E-state index contributed by atoms with van der Waals surface area (Å²) in [5.74, 6) is 0.262. The number of piperazine rings is 1. The molecule has 1 aliphatic heterocycles. The van der Waals surface area contributed by atoms with Crippen LogP contribution in [0.5, 0.6) is 5.75 Å². The first kappa shape index (κ1) is 19.9. The second-order valence-corrected chi connectivity index (χ2v) is 8.09.